The van der Waals surface area contributed by atoms with E-state index < -0.39 is 10.0 Å². The Hall–Kier alpha value is -1.64. The van der Waals surface area contributed by atoms with Crippen molar-refractivity contribution < 1.29 is 8.42 Å². The standard InChI is InChI=1S/C11H17N5O2S/c1-15-4-3-13-11(15)8-16(2)19(17,18)10-5-9(6-12)14-7-10/h3-5,7,14H,6,8,12H2,1-2H3. The molecule has 0 aliphatic rings. The third kappa shape index (κ3) is 2.70. The molecule has 104 valence electrons. The molecule has 8 heteroatoms. The number of nitrogens with one attached hydrogen (secondary N) is 1. The van der Waals surface area contributed by atoms with Crippen LogP contribution in [0, 0.1) is 0 Å². The van der Waals surface area contributed by atoms with Gasteiger partial charge in [0.15, 0.2) is 0 Å². The molecule has 0 bridgehead atoms. The summed E-state index contributed by atoms with van der Waals surface area (Å²) in [6.45, 7) is 0.494. The van der Waals surface area contributed by atoms with E-state index in [1.807, 2.05) is 7.05 Å². The van der Waals surface area contributed by atoms with Crippen LogP contribution in [0.15, 0.2) is 29.6 Å². The first-order chi connectivity index (χ1) is 8.95. The van der Waals surface area contributed by atoms with Crippen LogP contribution in [-0.4, -0.2) is 34.3 Å². The van der Waals surface area contributed by atoms with Crippen LogP contribution in [0.4, 0.5) is 0 Å². The van der Waals surface area contributed by atoms with Gasteiger partial charge in [-0.05, 0) is 6.07 Å². The van der Waals surface area contributed by atoms with Crippen LogP contribution < -0.4 is 5.73 Å². The van der Waals surface area contributed by atoms with Gasteiger partial charge in [0, 0.05) is 44.9 Å². The lowest BCUT2D eigenvalue weighted by Crippen LogP contribution is -2.27. The first-order valence-electron chi connectivity index (χ1n) is 5.75. The second-order valence-corrected chi connectivity index (χ2v) is 6.33. The van der Waals surface area contributed by atoms with E-state index in [9.17, 15) is 8.42 Å². The number of sulfonamides is 1. The van der Waals surface area contributed by atoms with Gasteiger partial charge in [-0.2, -0.15) is 4.31 Å². The number of aryl methyl sites for hydroxylation is 1. The summed E-state index contributed by atoms with van der Waals surface area (Å²) in [5, 5.41) is 0. The Morgan fingerprint density at radius 1 is 1.53 bits per heavy atom. The Bertz CT molecular complexity index is 658. The summed E-state index contributed by atoms with van der Waals surface area (Å²) in [6, 6.07) is 1.55. The Morgan fingerprint density at radius 2 is 2.26 bits per heavy atom. The summed E-state index contributed by atoms with van der Waals surface area (Å²) in [7, 11) is -0.176. The second-order valence-electron chi connectivity index (χ2n) is 4.28. The molecule has 0 aliphatic carbocycles. The minimum absolute atomic E-state index is 0.213. The van der Waals surface area contributed by atoms with E-state index in [4.69, 9.17) is 5.73 Å². The van der Waals surface area contributed by atoms with Gasteiger partial charge in [0.05, 0.1) is 11.4 Å². The van der Waals surface area contributed by atoms with Crippen LogP contribution in [0.5, 0.6) is 0 Å². The van der Waals surface area contributed by atoms with Crippen molar-refractivity contribution in [1.29, 1.82) is 0 Å². The number of aromatic nitrogens is 3. The highest BCUT2D eigenvalue weighted by atomic mass is 32.2. The highest BCUT2D eigenvalue weighted by molar-refractivity contribution is 7.89. The molecule has 0 unspecified atom stereocenters. The molecule has 0 spiro atoms. The van der Waals surface area contributed by atoms with Crippen molar-refractivity contribution in [3.05, 3.63) is 36.2 Å². The van der Waals surface area contributed by atoms with Crippen molar-refractivity contribution in [1.82, 2.24) is 18.8 Å². The third-order valence-corrected chi connectivity index (χ3v) is 4.71. The minimum Gasteiger partial charge on any atom is -0.363 e. The largest absolute Gasteiger partial charge is 0.363 e. The summed E-state index contributed by atoms with van der Waals surface area (Å²) < 4.78 is 27.7. The lowest BCUT2D eigenvalue weighted by molar-refractivity contribution is 0.451. The van der Waals surface area contributed by atoms with Crippen LogP contribution in [0.1, 0.15) is 11.5 Å². The number of H-pyrrole nitrogens is 1. The number of hydrogen-bond acceptors (Lipinski definition) is 4. The van der Waals surface area contributed by atoms with Crippen molar-refractivity contribution in [3.8, 4) is 0 Å². The fourth-order valence-electron chi connectivity index (χ4n) is 1.70. The molecule has 0 saturated carbocycles. The van der Waals surface area contributed by atoms with Crippen molar-refractivity contribution in [2.24, 2.45) is 12.8 Å². The highest BCUT2D eigenvalue weighted by Gasteiger charge is 2.23. The van der Waals surface area contributed by atoms with E-state index in [1.54, 1.807) is 23.0 Å². The molecule has 2 aromatic rings. The average Bonchev–Trinajstić information content (AvgIpc) is 2.99. The first kappa shape index (κ1) is 13.8. The van der Waals surface area contributed by atoms with Crippen molar-refractivity contribution >= 4 is 10.0 Å². The molecular weight excluding hydrogens is 266 g/mol. The molecule has 2 aromatic heterocycles. The highest BCUT2D eigenvalue weighted by Crippen LogP contribution is 2.17. The van der Waals surface area contributed by atoms with Gasteiger partial charge in [-0.25, -0.2) is 13.4 Å². The van der Waals surface area contributed by atoms with Crippen molar-refractivity contribution in [2.75, 3.05) is 7.05 Å². The van der Waals surface area contributed by atoms with E-state index in [-0.39, 0.29) is 18.0 Å². The number of rotatable bonds is 5. The SMILES string of the molecule is CN(Cc1nccn1C)S(=O)(=O)c1c[nH]c(CN)c1. The molecule has 0 radical (unpaired) electrons. The lowest BCUT2D eigenvalue weighted by atomic mass is 10.4. The second kappa shape index (κ2) is 5.16. The van der Waals surface area contributed by atoms with Gasteiger partial charge in [-0.15, -0.1) is 0 Å². The Kier molecular flexibility index (Phi) is 3.74. The number of hydrogen-bond donors (Lipinski definition) is 2. The molecule has 3 N–H and O–H groups in total. The van der Waals surface area contributed by atoms with E-state index in [1.165, 1.54) is 17.5 Å². The molecule has 0 aliphatic heterocycles. The van der Waals surface area contributed by atoms with E-state index in [2.05, 4.69) is 9.97 Å². The molecule has 0 saturated heterocycles. The topological polar surface area (TPSA) is 97.0 Å². The molecule has 19 heavy (non-hydrogen) atoms. The maximum Gasteiger partial charge on any atom is 0.244 e. The average molecular weight is 283 g/mol. The summed E-state index contributed by atoms with van der Waals surface area (Å²) in [6.07, 6.45) is 4.86. The van der Waals surface area contributed by atoms with Crippen LogP contribution in [0.3, 0.4) is 0 Å². The zero-order valence-electron chi connectivity index (χ0n) is 10.9. The molecule has 0 atom stereocenters. The van der Waals surface area contributed by atoms with Gasteiger partial charge in [0.25, 0.3) is 0 Å². The number of aromatic amines is 1. The molecule has 2 rings (SSSR count). The van der Waals surface area contributed by atoms with E-state index in [0.717, 1.165) is 0 Å². The van der Waals surface area contributed by atoms with Crippen LogP contribution in [-0.2, 0) is 30.2 Å². The normalized spacial score (nSPS) is 12.2. The maximum atomic E-state index is 12.3. The summed E-state index contributed by atoms with van der Waals surface area (Å²) >= 11 is 0. The quantitative estimate of drug-likeness (QED) is 0.809. The van der Waals surface area contributed by atoms with Gasteiger partial charge < -0.3 is 15.3 Å². The van der Waals surface area contributed by atoms with Crippen LogP contribution >= 0.6 is 0 Å². The Morgan fingerprint density at radius 3 is 2.79 bits per heavy atom. The number of imidazole rings is 1. The van der Waals surface area contributed by atoms with Crippen LogP contribution in [0.25, 0.3) is 0 Å². The minimum atomic E-state index is -3.53. The van der Waals surface area contributed by atoms with E-state index in [0.29, 0.717) is 11.5 Å². The maximum absolute atomic E-state index is 12.3. The van der Waals surface area contributed by atoms with Gasteiger partial charge in [0.2, 0.25) is 10.0 Å². The summed E-state index contributed by atoms with van der Waals surface area (Å²) in [4.78, 5) is 7.16. The predicted octanol–water partition coefficient (Wildman–Crippen LogP) is 0.0276. The van der Waals surface area contributed by atoms with Crippen molar-refractivity contribution in [2.45, 2.75) is 18.0 Å². The fourth-order valence-corrected chi connectivity index (χ4v) is 2.84. The van der Waals surface area contributed by atoms with Gasteiger partial charge >= 0.3 is 0 Å². The smallest absolute Gasteiger partial charge is 0.244 e. The molecule has 0 aromatic carbocycles. The molecule has 2 heterocycles. The molecule has 7 nitrogen and oxygen atoms in total. The van der Waals surface area contributed by atoms with Crippen LogP contribution in [0.2, 0.25) is 0 Å². The Balaban J connectivity index is 2.22. The van der Waals surface area contributed by atoms with E-state index >= 15 is 0 Å². The van der Waals surface area contributed by atoms with Gasteiger partial charge in [0.1, 0.15) is 5.82 Å². The van der Waals surface area contributed by atoms with Gasteiger partial charge in [-0.1, -0.05) is 0 Å². The number of nitrogens with two attached hydrogens (primary N) is 1. The van der Waals surface area contributed by atoms with Crippen molar-refractivity contribution in [3.63, 3.8) is 0 Å². The molecule has 0 amide bonds. The summed E-state index contributed by atoms with van der Waals surface area (Å²) in [5.74, 6) is 0.681. The Labute approximate surface area is 112 Å². The molecule has 0 fully saturated rings. The fraction of sp³-hybridized carbons (Fsp3) is 0.364. The number of nitrogens with zero attached hydrogens (tertiary/aromatic N) is 3. The first-order valence-corrected chi connectivity index (χ1v) is 7.19. The molecular formula is C11H17N5O2S. The predicted molar refractivity (Wildman–Crippen MR) is 70.5 cm³/mol. The third-order valence-electron chi connectivity index (χ3n) is 2.93. The monoisotopic (exact) mass is 283 g/mol. The summed E-state index contributed by atoms with van der Waals surface area (Å²) in [5.41, 5.74) is 6.14. The zero-order chi connectivity index (χ0) is 14.0. The zero-order valence-corrected chi connectivity index (χ0v) is 11.7. The van der Waals surface area contributed by atoms with Gasteiger partial charge in [-0.3, -0.25) is 0 Å². The lowest BCUT2D eigenvalue weighted by Gasteiger charge is -2.15.